The molecule has 0 saturated heterocycles. The van der Waals surface area contributed by atoms with Gasteiger partial charge in [-0.05, 0) is 40.6 Å². The van der Waals surface area contributed by atoms with E-state index in [4.69, 9.17) is 0 Å². The Hall–Kier alpha value is -2.58. The molecule has 0 N–H and O–H groups in total. The second-order valence-electron chi connectivity index (χ2n) is 20.7. The van der Waals surface area contributed by atoms with Crippen LogP contribution >= 0.6 is 0 Å². The van der Waals surface area contributed by atoms with Gasteiger partial charge in [-0.1, -0.05) is 113 Å². The van der Waals surface area contributed by atoms with Gasteiger partial charge in [-0.2, -0.15) is 29.3 Å². The Kier molecular flexibility index (Phi) is 14.4. The molecule has 2 unspecified atom stereocenters. The Morgan fingerprint density at radius 2 is 1.19 bits per heavy atom. The molecule has 3 heteroatoms. The van der Waals surface area contributed by atoms with E-state index in [0.717, 1.165) is 30.3 Å². The summed E-state index contributed by atoms with van der Waals surface area (Å²) >= 11 is 1.06. The first-order chi connectivity index (χ1) is 26.1. The molecular weight excluding hydrogens is 910 g/mol. The van der Waals surface area contributed by atoms with Crippen molar-refractivity contribution in [1.29, 1.82) is 0 Å². The van der Waals surface area contributed by atoms with Gasteiger partial charge in [0.25, 0.3) is 0 Å². The van der Waals surface area contributed by atoms with Crippen molar-refractivity contribution in [3.63, 3.8) is 0 Å². The Bertz CT molecular complexity index is 2060. The predicted molar refractivity (Wildman–Crippen MR) is 240 cm³/mol. The topological polar surface area (TPSA) is 0 Å². The van der Waals surface area contributed by atoms with Crippen LogP contribution in [0.3, 0.4) is 0 Å². The maximum Gasteiger partial charge on any atom is -0.00969 e. The fourth-order valence-electron chi connectivity index (χ4n) is 10.3. The Labute approximate surface area is 380 Å². The summed E-state index contributed by atoms with van der Waals surface area (Å²) in [4.78, 5) is 0. The standard InChI is InChI=1S/C29H37.C21H26.C5H5.2ClH.Hf/c1-18-25-22-17-19-13-9-10-14-20(19)24(22)21-15-11-12-16-23(21)29(25,8)28(6,7)27(4,5)26(18,2)3;1-20(2,3)18-11-7-16(8-12-18)15-17-9-13-19(14-10-17)21(4,5)6;1-2-4-5-3-1;;;/h9-11,13-15,23H,12,16-17H2,1-8H3;7-14H,1-6H3;1-5H;2*1H;/q-1;;-1;;;+2/p-2. The second kappa shape index (κ2) is 17.4. The van der Waals surface area contributed by atoms with Gasteiger partial charge in [-0.3, -0.25) is 0 Å². The quantitative estimate of drug-likeness (QED) is 0.139. The smallest absolute Gasteiger partial charge is 0.00969 e. The molecule has 0 radical (unpaired) electrons. The van der Waals surface area contributed by atoms with E-state index in [1.165, 1.54) is 49.5 Å². The van der Waals surface area contributed by atoms with Gasteiger partial charge < -0.3 is 24.8 Å². The molecule has 0 amide bonds. The van der Waals surface area contributed by atoms with Crippen molar-refractivity contribution < 1.29 is 48.7 Å². The van der Waals surface area contributed by atoms with E-state index in [1.54, 1.807) is 28.2 Å². The zero-order chi connectivity index (χ0) is 41.1. The summed E-state index contributed by atoms with van der Waals surface area (Å²) in [6.07, 6.45) is 8.50. The average molecular weight is 979 g/mol. The summed E-state index contributed by atoms with van der Waals surface area (Å²) in [6.45, 7) is 33.9. The molecule has 0 aromatic heterocycles. The minimum Gasteiger partial charge on any atom is -1.00 e. The molecular formula is C55H68Cl2Hf-2. The van der Waals surface area contributed by atoms with Crippen LogP contribution in [0.5, 0.6) is 0 Å². The van der Waals surface area contributed by atoms with Crippen LogP contribution in [0.4, 0.5) is 0 Å². The third-order valence-electron chi connectivity index (χ3n) is 15.4. The average Bonchev–Trinajstić information content (AvgIpc) is 3.86. The van der Waals surface area contributed by atoms with Gasteiger partial charge in [0.2, 0.25) is 0 Å². The van der Waals surface area contributed by atoms with E-state index in [1.807, 2.05) is 30.3 Å². The monoisotopic (exact) mass is 978 g/mol. The number of allylic oxidation sites excluding steroid dienone is 6. The predicted octanol–water partition coefficient (Wildman–Crippen LogP) is 8.78. The minimum absolute atomic E-state index is 0. The van der Waals surface area contributed by atoms with Crippen LogP contribution in [0, 0.1) is 33.5 Å². The van der Waals surface area contributed by atoms with E-state index in [9.17, 15) is 0 Å². The number of fused-ring (bicyclic) bond motifs is 6. The van der Waals surface area contributed by atoms with Crippen LogP contribution in [-0.2, 0) is 41.1 Å². The molecule has 2 atom stereocenters. The van der Waals surface area contributed by atoms with E-state index >= 15 is 0 Å². The zero-order valence-electron chi connectivity index (χ0n) is 37.9. The van der Waals surface area contributed by atoms with E-state index in [-0.39, 0.29) is 57.3 Å². The molecule has 4 aliphatic rings. The van der Waals surface area contributed by atoms with Crippen molar-refractivity contribution in [3.8, 4) is 0 Å². The van der Waals surface area contributed by atoms with Gasteiger partial charge in [0.05, 0.1) is 0 Å². The Balaban J connectivity index is 0.000000228. The molecule has 308 valence electrons. The number of hydrogen-bond donors (Lipinski definition) is 0. The largest absolute Gasteiger partial charge is 1.00 e. The van der Waals surface area contributed by atoms with E-state index < -0.39 is 0 Å². The van der Waals surface area contributed by atoms with E-state index in [2.05, 4.69) is 182 Å². The zero-order valence-corrected chi connectivity index (χ0v) is 43.0. The first kappa shape index (κ1) is 48.1. The summed E-state index contributed by atoms with van der Waals surface area (Å²) in [5.41, 5.74) is 16.3. The molecule has 0 heterocycles. The van der Waals surface area contributed by atoms with Crippen molar-refractivity contribution >= 4 is 8.83 Å². The van der Waals surface area contributed by atoms with Gasteiger partial charge in [0, 0.05) is 0 Å². The molecule has 0 aliphatic heterocycles. The van der Waals surface area contributed by atoms with Crippen LogP contribution in [0.2, 0.25) is 0 Å². The van der Waals surface area contributed by atoms with E-state index in [0.29, 0.717) is 5.92 Å². The summed E-state index contributed by atoms with van der Waals surface area (Å²) in [7, 11) is 0. The molecule has 0 nitrogen and oxygen atoms in total. The van der Waals surface area contributed by atoms with Gasteiger partial charge >= 0.3 is 150 Å². The third kappa shape index (κ3) is 8.25. The first-order valence-corrected chi connectivity index (χ1v) is 22.9. The normalized spacial score (nSPS) is 22.0. The summed E-state index contributed by atoms with van der Waals surface area (Å²) in [6, 6.07) is 37.4. The van der Waals surface area contributed by atoms with Crippen LogP contribution in [-0.4, -0.2) is 3.26 Å². The van der Waals surface area contributed by atoms with Crippen LogP contribution in [0.1, 0.15) is 143 Å². The SMILES string of the molecule is CC(C)(C)c1ccc([C](=[Hf+2])c2ccc(C(C)(C)C)cc2)cc1.C[C-]1C2=C3Cc4ccccc4C3=C3C=CCCC3C2(C)C(C)(C)C(C)(C)C1(C)C.[Cl-].[Cl-].c1cc[cH-]c1. The van der Waals surface area contributed by atoms with Gasteiger partial charge in [-0.25, -0.2) is 18.1 Å². The fraction of sp³-hybridized carbons (Fsp3) is 0.436. The molecule has 8 rings (SSSR count). The van der Waals surface area contributed by atoms with Crippen molar-refractivity contribution in [2.75, 3.05) is 0 Å². The van der Waals surface area contributed by atoms with Crippen LogP contribution < -0.4 is 24.8 Å². The molecule has 0 spiro atoms. The Morgan fingerprint density at radius 1 is 0.690 bits per heavy atom. The molecule has 4 aliphatic carbocycles. The molecule has 0 bridgehead atoms. The van der Waals surface area contributed by atoms with Crippen molar-refractivity contribution in [2.24, 2.45) is 27.6 Å². The maximum atomic E-state index is 2.62. The number of rotatable bonds is 2. The second-order valence-corrected chi connectivity index (χ2v) is 22.5. The van der Waals surface area contributed by atoms with Crippen LogP contribution in [0.25, 0.3) is 5.57 Å². The molecule has 1 fully saturated rings. The van der Waals surface area contributed by atoms with Crippen molar-refractivity contribution in [2.45, 2.75) is 127 Å². The molecule has 4 aromatic carbocycles. The van der Waals surface area contributed by atoms with Crippen molar-refractivity contribution in [3.05, 3.63) is 171 Å². The summed E-state index contributed by atoms with van der Waals surface area (Å²) < 4.78 is 1.47. The summed E-state index contributed by atoms with van der Waals surface area (Å²) in [5.74, 6) is 2.24. The van der Waals surface area contributed by atoms with Gasteiger partial charge in [-0.15, -0.1) is 6.92 Å². The number of halogens is 2. The van der Waals surface area contributed by atoms with Gasteiger partial charge in [0.15, 0.2) is 0 Å². The molecule has 1 saturated carbocycles. The van der Waals surface area contributed by atoms with Crippen molar-refractivity contribution in [1.82, 2.24) is 0 Å². The molecule has 58 heavy (non-hydrogen) atoms. The molecule has 4 aromatic rings. The first-order valence-electron chi connectivity index (χ1n) is 21.1. The maximum absolute atomic E-state index is 2.62. The minimum atomic E-state index is 0. The third-order valence-corrected chi connectivity index (χ3v) is 17.5. The number of hydrogen-bond acceptors (Lipinski definition) is 0. The summed E-state index contributed by atoms with van der Waals surface area (Å²) in [5, 5.41) is 0. The van der Waals surface area contributed by atoms with Crippen LogP contribution in [0.15, 0.2) is 132 Å². The Morgan fingerprint density at radius 3 is 1.66 bits per heavy atom. The number of benzene rings is 3. The fourth-order valence-corrected chi connectivity index (χ4v) is 11.5. The van der Waals surface area contributed by atoms with Gasteiger partial charge in [0.1, 0.15) is 0 Å².